The van der Waals surface area contributed by atoms with Crippen LogP contribution < -0.4 is 26.4 Å². The zero-order valence-corrected chi connectivity index (χ0v) is 22.3. The fraction of sp³-hybridized carbons (Fsp3) is 0.706. The van der Waals surface area contributed by atoms with Crippen LogP contribution in [0.3, 0.4) is 0 Å². The van der Waals surface area contributed by atoms with Crippen molar-refractivity contribution in [3.05, 3.63) is 33.1 Å². The lowest BCUT2D eigenvalue weighted by molar-refractivity contribution is -0.247. The molecule has 2 unspecified atom stereocenters. The van der Waals surface area contributed by atoms with Crippen molar-refractivity contribution in [3.63, 3.8) is 0 Å². The summed E-state index contributed by atoms with van der Waals surface area (Å²) < 4.78 is 43.6. The molecular formula is C17H25N3O16P2S-2. The highest BCUT2D eigenvalue weighted by Crippen LogP contribution is 2.58. The molecule has 1 amide bonds. The molecule has 222 valence electrons. The van der Waals surface area contributed by atoms with Crippen molar-refractivity contribution in [3.8, 4) is 0 Å². The monoisotopic (exact) mass is 621 g/mol. The van der Waals surface area contributed by atoms with Gasteiger partial charge in [-0.05, 0) is 0 Å². The molecule has 1 aromatic rings. The Kier molecular flexibility index (Phi) is 10.3. The molecule has 39 heavy (non-hydrogen) atoms. The molecule has 3 rings (SSSR count). The number of amides is 1. The number of phosphoric ester groups is 2. The van der Waals surface area contributed by atoms with Crippen LogP contribution in [0.4, 0.5) is 0 Å². The Morgan fingerprint density at radius 1 is 1.15 bits per heavy atom. The summed E-state index contributed by atoms with van der Waals surface area (Å²) in [7, 11) is -11.6. The van der Waals surface area contributed by atoms with E-state index < -0.39 is 99.5 Å². The summed E-state index contributed by atoms with van der Waals surface area (Å²) in [5.41, 5.74) is -3.52. The number of phosphoric acid groups is 2. The Morgan fingerprint density at radius 3 is 2.41 bits per heavy atom. The van der Waals surface area contributed by atoms with Crippen molar-refractivity contribution >= 4 is 33.3 Å². The highest BCUT2D eigenvalue weighted by molar-refractivity contribution is 8.00. The van der Waals surface area contributed by atoms with Gasteiger partial charge in [-0.3, -0.25) is 28.3 Å². The molecule has 7 N–H and O–H groups in total. The van der Waals surface area contributed by atoms with E-state index in [1.165, 1.54) is 0 Å². The first-order chi connectivity index (χ1) is 18.0. The molecule has 19 nitrogen and oxygen atoms in total. The van der Waals surface area contributed by atoms with Gasteiger partial charge < -0.3 is 54.4 Å². The van der Waals surface area contributed by atoms with E-state index in [1.807, 2.05) is 4.98 Å². The number of carbonyl (C=O) groups is 1. The number of H-pyrrole nitrogens is 1. The van der Waals surface area contributed by atoms with E-state index in [-0.39, 0.29) is 0 Å². The SMILES string of the molecule is CC(=O)N[C@@H]1[C@@H](O)[C@H](O)[C@@H](CO)S[C@@H]1OP(=O)([O-])OP(=O)([O-])OC[C@H]1O[C@@H](n2ccc(=O)[nH]c2=O)[C@H](O)[C@@H]1O. The molecule has 0 aromatic carbocycles. The van der Waals surface area contributed by atoms with E-state index in [9.17, 15) is 58.8 Å². The minimum atomic E-state index is -5.84. The topological polar surface area (TPSA) is 302 Å². The fourth-order valence-corrected chi connectivity index (χ4v) is 7.45. The first-order valence-corrected chi connectivity index (χ1v) is 14.8. The van der Waals surface area contributed by atoms with E-state index in [4.69, 9.17) is 9.26 Å². The van der Waals surface area contributed by atoms with Gasteiger partial charge in [-0.15, -0.1) is 11.8 Å². The number of thioether (sulfide) groups is 1. The number of rotatable bonds is 10. The molecular weight excluding hydrogens is 596 g/mol. The number of hydrogen-bond acceptors (Lipinski definition) is 17. The minimum absolute atomic E-state index is 0.468. The number of ether oxygens (including phenoxy) is 1. The third kappa shape index (κ3) is 7.84. The first kappa shape index (κ1) is 32.0. The lowest BCUT2D eigenvalue weighted by atomic mass is 10.0. The predicted molar refractivity (Wildman–Crippen MR) is 122 cm³/mol. The molecule has 3 heterocycles. The molecule has 0 radical (unpaired) electrons. The lowest BCUT2D eigenvalue weighted by Gasteiger charge is -2.43. The number of carbonyl (C=O) groups excluding carboxylic acids is 1. The number of aromatic nitrogens is 2. The Hall–Kier alpha value is -1.48. The zero-order valence-electron chi connectivity index (χ0n) is 19.7. The van der Waals surface area contributed by atoms with Gasteiger partial charge in [0.2, 0.25) is 5.91 Å². The van der Waals surface area contributed by atoms with Crippen LogP contribution in [0.25, 0.3) is 0 Å². The average molecular weight is 621 g/mol. The maximum Gasteiger partial charge on any atom is 0.330 e. The van der Waals surface area contributed by atoms with E-state index in [0.717, 1.165) is 19.2 Å². The highest BCUT2D eigenvalue weighted by atomic mass is 32.2. The van der Waals surface area contributed by atoms with Crippen LogP contribution in [-0.4, -0.2) is 101 Å². The van der Waals surface area contributed by atoms with Crippen LogP contribution in [0.15, 0.2) is 21.9 Å². The van der Waals surface area contributed by atoms with Crippen molar-refractivity contribution in [2.24, 2.45) is 0 Å². The number of hydrogen-bond donors (Lipinski definition) is 7. The van der Waals surface area contributed by atoms with Crippen LogP contribution in [0.2, 0.25) is 0 Å². The summed E-state index contributed by atoms with van der Waals surface area (Å²) in [4.78, 5) is 61.1. The normalized spacial score (nSPS) is 36.2. The van der Waals surface area contributed by atoms with Crippen molar-refractivity contribution < 1.29 is 67.3 Å². The molecule has 0 aliphatic carbocycles. The summed E-state index contributed by atoms with van der Waals surface area (Å²) in [5.74, 6) is -0.762. The number of aliphatic hydroxyl groups excluding tert-OH is 5. The summed E-state index contributed by atoms with van der Waals surface area (Å²) in [6, 6.07) is -0.650. The van der Waals surface area contributed by atoms with E-state index in [2.05, 4.69) is 14.2 Å². The van der Waals surface area contributed by atoms with Crippen molar-refractivity contribution in [2.75, 3.05) is 13.2 Å². The predicted octanol–water partition coefficient (Wildman–Crippen LogP) is -5.20. The molecule has 0 bridgehead atoms. The van der Waals surface area contributed by atoms with Gasteiger partial charge in [0.15, 0.2) is 6.23 Å². The summed E-state index contributed by atoms with van der Waals surface area (Å²) in [5, 5.41) is 51.0. The summed E-state index contributed by atoms with van der Waals surface area (Å²) in [6.07, 6.45) is -9.30. The molecule has 1 aromatic heterocycles. The summed E-state index contributed by atoms with van der Waals surface area (Å²) in [6.45, 7) is -0.831. The molecule has 2 saturated heterocycles. The second kappa shape index (κ2) is 12.6. The maximum atomic E-state index is 12.4. The second-order valence-electron chi connectivity index (χ2n) is 8.37. The standard InChI is InChI=1S/C17H27N3O16P2S/c1-6(22)18-10-13(26)12(25)8(4-21)39-16(10)35-38(31,32)36-37(29,30)33-5-7-11(24)14(27)15(34-7)20-3-2-9(23)19-17(20)28/h2-3,7-8,10-16,21,24-27H,4-5H2,1H3,(H,18,22)(H,29,30)(H,31,32)(H,19,23,28)/p-2/t7-,8-,10-,11-,12-,13-,14-,15-,16+/m1/s1. The number of nitrogens with zero attached hydrogens (tertiary/aromatic N) is 1. The zero-order chi connectivity index (χ0) is 29.3. The molecule has 22 heteroatoms. The molecule has 2 aliphatic rings. The van der Waals surface area contributed by atoms with Crippen LogP contribution >= 0.6 is 27.4 Å². The van der Waals surface area contributed by atoms with E-state index in [0.29, 0.717) is 16.3 Å². The van der Waals surface area contributed by atoms with Crippen LogP contribution in [0.5, 0.6) is 0 Å². The third-order valence-corrected chi connectivity index (χ3v) is 9.67. The van der Waals surface area contributed by atoms with Crippen LogP contribution in [0.1, 0.15) is 13.2 Å². The largest absolute Gasteiger partial charge is 0.756 e. The highest BCUT2D eigenvalue weighted by Gasteiger charge is 2.47. The Bertz CT molecular complexity index is 1240. The second-order valence-corrected chi connectivity index (χ2v) is 12.6. The van der Waals surface area contributed by atoms with Crippen molar-refractivity contribution in [2.45, 2.75) is 60.4 Å². The first-order valence-electron chi connectivity index (χ1n) is 10.9. The number of nitrogens with one attached hydrogen (secondary N) is 2. The van der Waals surface area contributed by atoms with Gasteiger partial charge in [-0.1, -0.05) is 0 Å². The Balaban J connectivity index is 1.66. The van der Waals surface area contributed by atoms with E-state index in [1.54, 1.807) is 0 Å². The van der Waals surface area contributed by atoms with Gasteiger partial charge in [-0.25, -0.2) is 9.11 Å². The van der Waals surface area contributed by atoms with Crippen molar-refractivity contribution in [1.82, 2.24) is 14.9 Å². The van der Waals surface area contributed by atoms with Gasteiger partial charge in [-0.2, -0.15) is 0 Å². The van der Waals surface area contributed by atoms with Gasteiger partial charge in [0.1, 0.15) is 29.9 Å². The van der Waals surface area contributed by atoms with Crippen molar-refractivity contribution in [1.29, 1.82) is 0 Å². The molecule has 11 atom stereocenters. The number of aromatic amines is 1. The number of aliphatic hydroxyl groups is 5. The Labute approximate surface area is 222 Å². The minimum Gasteiger partial charge on any atom is -0.756 e. The van der Waals surface area contributed by atoms with Crippen LogP contribution in [-0.2, 0) is 32.0 Å². The van der Waals surface area contributed by atoms with E-state index >= 15 is 0 Å². The molecule has 2 aliphatic heterocycles. The summed E-state index contributed by atoms with van der Waals surface area (Å²) >= 11 is 0.468. The third-order valence-electron chi connectivity index (χ3n) is 5.54. The maximum absolute atomic E-state index is 12.4. The fourth-order valence-electron chi connectivity index (χ4n) is 3.74. The molecule has 2 fully saturated rings. The van der Waals surface area contributed by atoms with Crippen LogP contribution in [0, 0.1) is 0 Å². The quantitative estimate of drug-likeness (QED) is 0.120. The van der Waals surface area contributed by atoms with Gasteiger partial charge in [0, 0.05) is 19.2 Å². The average Bonchev–Trinajstić information content (AvgIpc) is 3.10. The van der Waals surface area contributed by atoms with Gasteiger partial charge in [0.25, 0.3) is 21.2 Å². The molecule has 0 saturated carbocycles. The van der Waals surface area contributed by atoms with Gasteiger partial charge in [0.05, 0.1) is 30.6 Å². The Morgan fingerprint density at radius 2 is 1.82 bits per heavy atom. The molecule has 0 spiro atoms. The smallest absolute Gasteiger partial charge is 0.330 e. The lowest BCUT2D eigenvalue weighted by Crippen LogP contribution is -2.61. The van der Waals surface area contributed by atoms with Gasteiger partial charge >= 0.3 is 5.69 Å².